The Balaban J connectivity index is 2.00. The average Bonchev–Trinajstić information content (AvgIpc) is 2.87. The van der Waals surface area contributed by atoms with E-state index in [9.17, 15) is 0 Å². The molecule has 0 saturated carbocycles. The Bertz CT molecular complexity index is 706. The van der Waals surface area contributed by atoms with Gasteiger partial charge in [-0.15, -0.1) is 11.3 Å². The van der Waals surface area contributed by atoms with E-state index in [2.05, 4.69) is 72.7 Å². The molecule has 1 heterocycles. The van der Waals surface area contributed by atoms with Crippen LogP contribution >= 0.6 is 11.3 Å². The predicted octanol–water partition coefficient (Wildman–Crippen LogP) is 3.08. The first kappa shape index (κ1) is 19.4. The lowest BCUT2D eigenvalue weighted by atomic mass is 10.1. The molecule has 136 valence electrons. The van der Waals surface area contributed by atoms with E-state index in [0.29, 0.717) is 6.54 Å². The van der Waals surface area contributed by atoms with E-state index < -0.39 is 0 Å². The molecule has 0 aliphatic rings. The maximum Gasteiger partial charge on any atom is 0.191 e. The Morgan fingerprint density at radius 1 is 1.20 bits per heavy atom. The lowest BCUT2D eigenvalue weighted by Crippen LogP contribution is -2.36. The number of guanidine groups is 1. The summed E-state index contributed by atoms with van der Waals surface area (Å²) in [5.41, 5.74) is 3.63. The van der Waals surface area contributed by atoms with E-state index in [-0.39, 0.29) is 0 Å². The van der Waals surface area contributed by atoms with Gasteiger partial charge in [0.05, 0.1) is 23.8 Å². The molecule has 0 aliphatic carbocycles. The van der Waals surface area contributed by atoms with Crippen molar-refractivity contribution in [2.45, 2.75) is 40.4 Å². The van der Waals surface area contributed by atoms with Crippen LogP contribution in [0.15, 0.2) is 29.3 Å². The summed E-state index contributed by atoms with van der Waals surface area (Å²) in [6, 6.07) is 8.62. The fraction of sp³-hybridized carbons (Fsp3) is 0.474. The zero-order valence-corrected chi connectivity index (χ0v) is 16.7. The molecule has 6 heteroatoms. The molecule has 0 saturated heterocycles. The van der Waals surface area contributed by atoms with Gasteiger partial charge in [0.25, 0.3) is 0 Å². The Morgan fingerprint density at radius 3 is 2.60 bits per heavy atom. The van der Waals surface area contributed by atoms with Crippen LogP contribution in [-0.4, -0.2) is 36.5 Å². The number of hydrogen-bond acceptors (Lipinski definition) is 4. The number of benzene rings is 1. The van der Waals surface area contributed by atoms with Crippen molar-refractivity contribution in [3.05, 3.63) is 51.0 Å². The minimum atomic E-state index is 0.664. The summed E-state index contributed by atoms with van der Waals surface area (Å²) in [6.07, 6.45) is 0. The van der Waals surface area contributed by atoms with E-state index in [4.69, 9.17) is 4.99 Å². The number of aromatic nitrogens is 1. The number of hydrogen-bond donors (Lipinski definition) is 2. The second-order valence-electron chi connectivity index (χ2n) is 6.35. The number of aryl methyl sites for hydroxylation is 2. The van der Waals surface area contributed by atoms with E-state index in [1.807, 2.05) is 6.92 Å². The Labute approximate surface area is 155 Å². The third-order valence-electron chi connectivity index (χ3n) is 3.67. The van der Waals surface area contributed by atoms with Crippen molar-refractivity contribution in [3.63, 3.8) is 0 Å². The highest BCUT2D eigenvalue weighted by Gasteiger charge is 2.06. The first-order valence-corrected chi connectivity index (χ1v) is 9.47. The normalized spacial score (nSPS) is 11.8. The summed E-state index contributed by atoms with van der Waals surface area (Å²) in [7, 11) is 4.17. The first-order valence-electron chi connectivity index (χ1n) is 8.65. The lowest BCUT2D eigenvalue weighted by molar-refractivity contribution is 0.402. The van der Waals surface area contributed by atoms with E-state index in [1.54, 1.807) is 11.3 Å². The SMILES string of the molecule is CCNC(=NCc1cccc(CN(C)C)c1)NCc1sc(C)nc1C. The van der Waals surface area contributed by atoms with Crippen molar-refractivity contribution >= 4 is 17.3 Å². The van der Waals surface area contributed by atoms with Crippen LogP contribution in [-0.2, 0) is 19.6 Å². The maximum absolute atomic E-state index is 4.72. The molecule has 0 amide bonds. The van der Waals surface area contributed by atoms with Crippen molar-refractivity contribution in [1.29, 1.82) is 0 Å². The third kappa shape index (κ3) is 6.48. The van der Waals surface area contributed by atoms with E-state index in [0.717, 1.165) is 36.3 Å². The minimum absolute atomic E-state index is 0.664. The van der Waals surface area contributed by atoms with Crippen LogP contribution in [0.2, 0.25) is 0 Å². The molecule has 0 spiro atoms. The topological polar surface area (TPSA) is 52.6 Å². The smallest absolute Gasteiger partial charge is 0.191 e. The summed E-state index contributed by atoms with van der Waals surface area (Å²) in [4.78, 5) is 12.6. The molecule has 0 radical (unpaired) electrons. The number of nitrogens with zero attached hydrogens (tertiary/aromatic N) is 3. The number of rotatable bonds is 7. The van der Waals surface area contributed by atoms with E-state index >= 15 is 0 Å². The van der Waals surface area contributed by atoms with Crippen molar-refractivity contribution in [2.24, 2.45) is 4.99 Å². The largest absolute Gasteiger partial charge is 0.357 e. The molecule has 2 N–H and O–H groups in total. The Morgan fingerprint density at radius 2 is 1.96 bits per heavy atom. The molecule has 1 aromatic carbocycles. The molecular weight excluding hydrogens is 330 g/mol. The molecule has 5 nitrogen and oxygen atoms in total. The Kier molecular flexibility index (Phi) is 7.40. The number of aliphatic imine (C=N–C) groups is 1. The van der Waals surface area contributed by atoms with Crippen LogP contribution < -0.4 is 10.6 Å². The molecule has 25 heavy (non-hydrogen) atoms. The number of thiazole rings is 1. The van der Waals surface area contributed by atoms with Gasteiger partial charge in [0.15, 0.2) is 5.96 Å². The van der Waals surface area contributed by atoms with Crippen molar-refractivity contribution < 1.29 is 0 Å². The van der Waals surface area contributed by atoms with Crippen molar-refractivity contribution in [3.8, 4) is 0 Å². The van der Waals surface area contributed by atoms with E-state index in [1.165, 1.54) is 16.0 Å². The summed E-state index contributed by atoms with van der Waals surface area (Å²) in [5, 5.41) is 7.83. The maximum atomic E-state index is 4.72. The molecule has 0 atom stereocenters. The monoisotopic (exact) mass is 359 g/mol. The summed E-state index contributed by atoms with van der Waals surface area (Å²) in [5.74, 6) is 0.839. The van der Waals surface area contributed by atoms with Gasteiger partial charge in [-0.1, -0.05) is 24.3 Å². The lowest BCUT2D eigenvalue weighted by Gasteiger charge is -2.12. The fourth-order valence-corrected chi connectivity index (χ4v) is 3.48. The van der Waals surface area contributed by atoms with Crippen LogP contribution in [0.3, 0.4) is 0 Å². The van der Waals surface area contributed by atoms with Crippen molar-refractivity contribution in [2.75, 3.05) is 20.6 Å². The second kappa shape index (κ2) is 9.53. The molecule has 0 aliphatic heterocycles. The van der Waals surface area contributed by atoms with Crippen LogP contribution in [0, 0.1) is 13.8 Å². The molecule has 2 rings (SSSR count). The quantitative estimate of drug-likeness (QED) is 0.589. The highest BCUT2D eigenvalue weighted by molar-refractivity contribution is 7.11. The second-order valence-corrected chi connectivity index (χ2v) is 7.64. The highest BCUT2D eigenvalue weighted by atomic mass is 32.1. The van der Waals surface area contributed by atoms with Gasteiger partial charge in [0.1, 0.15) is 0 Å². The van der Waals surface area contributed by atoms with Gasteiger partial charge in [0.2, 0.25) is 0 Å². The molecule has 0 fully saturated rings. The third-order valence-corrected chi connectivity index (χ3v) is 4.74. The number of nitrogens with one attached hydrogen (secondary N) is 2. The highest BCUT2D eigenvalue weighted by Crippen LogP contribution is 2.16. The van der Waals surface area contributed by atoms with Crippen LogP contribution in [0.4, 0.5) is 0 Å². The van der Waals surface area contributed by atoms with Crippen LogP contribution in [0.1, 0.15) is 33.6 Å². The van der Waals surface area contributed by atoms with Crippen molar-refractivity contribution in [1.82, 2.24) is 20.5 Å². The minimum Gasteiger partial charge on any atom is -0.357 e. The molecule has 0 bridgehead atoms. The Hall–Kier alpha value is -1.92. The van der Waals surface area contributed by atoms with Gasteiger partial charge in [-0.2, -0.15) is 0 Å². The molecule has 1 aromatic heterocycles. The summed E-state index contributed by atoms with van der Waals surface area (Å²) >= 11 is 1.74. The molecule has 2 aromatic rings. The fourth-order valence-electron chi connectivity index (χ4n) is 2.61. The van der Waals surface area contributed by atoms with Gasteiger partial charge in [-0.05, 0) is 46.0 Å². The first-order chi connectivity index (χ1) is 12.0. The average molecular weight is 360 g/mol. The summed E-state index contributed by atoms with van der Waals surface area (Å²) < 4.78 is 0. The van der Waals surface area contributed by atoms with Crippen LogP contribution in [0.25, 0.3) is 0 Å². The standard InChI is InChI=1S/C19H29N5S/c1-6-20-19(22-12-18-14(2)23-15(3)25-18)21-11-16-8-7-9-17(10-16)13-24(4)5/h7-10H,6,11-13H2,1-5H3,(H2,20,21,22). The summed E-state index contributed by atoms with van der Waals surface area (Å²) in [6.45, 7) is 9.38. The zero-order valence-electron chi connectivity index (χ0n) is 15.9. The van der Waals surface area contributed by atoms with Gasteiger partial charge >= 0.3 is 0 Å². The molecule has 0 unspecified atom stereocenters. The van der Waals surface area contributed by atoms with Gasteiger partial charge in [0, 0.05) is 18.0 Å². The van der Waals surface area contributed by atoms with Crippen LogP contribution in [0.5, 0.6) is 0 Å². The van der Waals surface area contributed by atoms with Gasteiger partial charge < -0.3 is 15.5 Å². The van der Waals surface area contributed by atoms with Gasteiger partial charge in [-0.25, -0.2) is 9.98 Å². The predicted molar refractivity (Wildman–Crippen MR) is 107 cm³/mol. The zero-order chi connectivity index (χ0) is 18.2. The van der Waals surface area contributed by atoms with Gasteiger partial charge in [-0.3, -0.25) is 0 Å². The molecular formula is C19H29N5S.